The molecule has 1 aromatic heterocycles. The molecule has 4 N–H and O–H groups in total. The molecular weight excluding hydrogens is 268 g/mol. The first-order valence-electron chi connectivity index (χ1n) is 5.68. The average molecular weight is 281 g/mol. The summed E-state index contributed by atoms with van der Waals surface area (Å²) in [5.74, 6) is 4.65. The molecule has 2 aromatic rings. The van der Waals surface area contributed by atoms with Crippen molar-refractivity contribution in [2.45, 2.75) is 6.61 Å². The topological polar surface area (TPSA) is 85.1 Å². The number of anilines is 3. The van der Waals surface area contributed by atoms with Gasteiger partial charge in [0.1, 0.15) is 35.6 Å². The van der Waals surface area contributed by atoms with E-state index in [0.717, 1.165) is 12.1 Å². The first-order valence-corrected chi connectivity index (χ1v) is 5.68. The van der Waals surface area contributed by atoms with Gasteiger partial charge in [-0.05, 0) is 12.1 Å². The minimum absolute atomic E-state index is 0.143. The second-order valence-electron chi connectivity index (χ2n) is 3.85. The zero-order chi connectivity index (χ0) is 14.5. The quantitative estimate of drug-likeness (QED) is 0.573. The molecule has 0 saturated heterocycles. The van der Waals surface area contributed by atoms with Crippen LogP contribution < -0.4 is 16.6 Å². The molecule has 0 spiro atoms. The Bertz CT molecular complexity index is 588. The lowest BCUT2D eigenvalue weighted by Crippen LogP contribution is -2.12. The summed E-state index contributed by atoms with van der Waals surface area (Å²) in [5.41, 5.74) is 2.05. The van der Waals surface area contributed by atoms with E-state index >= 15 is 0 Å². The van der Waals surface area contributed by atoms with Crippen molar-refractivity contribution >= 4 is 17.3 Å². The fraction of sp³-hybridized carbons (Fsp3) is 0.167. The molecule has 0 radical (unpaired) electrons. The summed E-state index contributed by atoms with van der Waals surface area (Å²) in [6.45, 7) is 0.143. The van der Waals surface area contributed by atoms with E-state index < -0.39 is 11.6 Å². The Morgan fingerprint density at radius 1 is 1.20 bits per heavy atom. The smallest absolute Gasteiger partial charge is 0.158 e. The van der Waals surface area contributed by atoms with Gasteiger partial charge in [0, 0.05) is 13.2 Å². The van der Waals surface area contributed by atoms with Gasteiger partial charge in [0.2, 0.25) is 0 Å². The Hall–Kier alpha value is -2.32. The molecule has 0 saturated carbocycles. The van der Waals surface area contributed by atoms with Crippen molar-refractivity contribution in [1.29, 1.82) is 0 Å². The lowest BCUT2D eigenvalue weighted by molar-refractivity contribution is 0.178. The average Bonchev–Trinajstić information content (AvgIpc) is 2.43. The number of rotatable bonds is 5. The number of halogens is 2. The van der Waals surface area contributed by atoms with Crippen molar-refractivity contribution in [3.63, 3.8) is 0 Å². The molecule has 1 aromatic carbocycles. The Kier molecular flexibility index (Phi) is 4.38. The molecule has 0 bridgehead atoms. The third-order valence-corrected chi connectivity index (χ3v) is 2.41. The van der Waals surface area contributed by atoms with Gasteiger partial charge >= 0.3 is 0 Å². The maximum Gasteiger partial charge on any atom is 0.158 e. The van der Waals surface area contributed by atoms with Crippen LogP contribution in [-0.2, 0) is 11.3 Å². The second kappa shape index (κ2) is 6.22. The summed E-state index contributed by atoms with van der Waals surface area (Å²) in [6, 6.07) is 4.99. The number of para-hydroxylation sites is 1. The van der Waals surface area contributed by atoms with Gasteiger partial charge < -0.3 is 15.5 Å². The molecule has 0 aliphatic rings. The van der Waals surface area contributed by atoms with Crippen molar-refractivity contribution in [3.05, 3.63) is 41.7 Å². The summed E-state index contributed by atoms with van der Waals surface area (Å²) in [6.07, 6.45) is 0. The van der Waals surface area contributed by atoms with Crippen LogP contribution in [0, 0.1) is 11.6 Å². The van der Waals surface area contributed by atoms with Crippen LogP contribution in [0.15, 0.2) is 24.3 Å². The lowest BCUT2D eigenvalue weighted by Gasteiger charge is -2.10. The normalized spacial score (nSPS) is 10.4. The number of benzene rings is 1. The number of methoxy groups -OCH3 is 1. The van der Waals surface area contributed by atoms with E-state index in [1.54, 1.807) is 0 Å². The van der Waals surface area contributed by atoms with Crippen molar-refractivity contribution < 1.29 is 13.5 Å². The molecule has 0 aliphatic heterocycles. The highest BCUT2D eigenvalue weighted by Gasteiger charge is 2.11. The van der Waals surface area contributed by atoms with Crippen LogP contribution in [0.4, 0.5) is 26.1 Å². The summed E-state index contributed by atoms with van der Waals surface area (Å²) in [4.78, 5) is 8.10. The van der Waals surface area contributed by atoms with E-state index in [2.05, 4.69) is 20.7 Å². The molecule has 106 valence electrons. The fourth-order valence-corrected chi connectivity index (χ4v) is 1.57. The van der Waals surface area contributed by atoms with Gasteiger partial charge in [-0.25, -0.2) is 24.6 Å². The molecule has 0 amide bonds. The predicted octanol–water partition coefficient (Wildman–Crippen LogP) is 1.93. The third-order valence-electron chi connectivity index (χ3n) is 2.41. The van der Waals surface area contributed by atoms with Crippen LogP contribution >= 0.6 is 0 Å². The van der Waals surface area contributed by atoms with E-state index in [9.17, 15) is 8.78 Å². The Balaban J connectivity index is 2.35. The van der Waals surface area contributed by atoms with Crippen molar-refractivity contribution in [2.24, 2.45) is 5.84 Å². The lowest BCUT2D eigenvalue weighted by atomic mass is 10.3. The van der Waals surface area contributed by atoms with Crippen molar-refractivity contribution in [1.82, 2.24) is 9.97 Å². The van der Waals surface area contributed by atoms with E-state index in [-0.39, 0.29) is 18.1 Å². The van der Waals surface area contributed by atoms with E-state index in [4.69, 9.17) is 10.6 Å². The predicted molar refractivity (Wildman–Crippen MR) is 70.2 cm³/mol. The zero-order valence-corrected chi connectivity index (χ0v) is 10.7. The van der Waals surface area contributed by atoms with Gasteiger partial charge in [0.15, 0.2) is 5.82 Å². The highest BCUT2D eigenvalue weighted by molar-refractivity contribution is 5.60. The Morgan fingerprint density at radius 2 is 1.85 bits per heavy atom. The highest BCUT2D eigenvalue weighted by atomic mass is 19.1. The molecule has 20 heavy (non-hydrogen) atoms. The summed E-state index contributed by atoms with van der Waals surface area (Å²) in [7, 11) is 1.48. The molecular formula is C12H13F2N5O. The van der Waals surface area contributed by atoms with Crippen molar-refractivity contribution in [2.75, 3.05) is 17.9 Å². The molecule has 0 unspecified atom stereocenters. The monoisotopic (exact) mass is 281 g/mol. The summed E-state index contributed by atoms with van der Waals surface area (Å²) in [5, 5.41) is 2.56. The van der Waals surface area contributed by atoms with E-state index in [0.29, 0.717) is 11.6 Å². The van der Waals surface area contributed by atoms with E-state index in [1.165, 1.54) is 19.2 Å². The number of nitrogens with two attached hydrogens (primary N) is 1. The standard InChI is InChI=1S/C12H13F2N5O/c1-20-6-11-16-9(5-10(17-11)19-15)18-12-7(13)3-2-4-8(12)14/h2-5H,6,15H2,1H3,(H2,16,17,18,19). The van der Waals surface area contributed by atoms with Crippen LogP contribution in [0.1, 0.15) is 5.82 Å². The van der Waals surface area contributed by atoms with Crippen LogP contribution in [0.2, 0.25) is 0 Å². The van der Waals surface area contributed by atoms with Crippen LogP contribution in [0.3, 0.4) is 0 Å². The highest BCUT2D eigenvalue weighted by Crippen LogP contribution is 2.23. The first kappa shape index (κ1) is 14.1. The third kappa shape index (κ3) is 3.16. The number of nitrogens with zero attached hydrogens (tertiary/aromatic N) is 2. The molecule has 0 aliphatic carbocycles. The first-order chi connectivity index (χ1) is 9.63. The SMILES string of the molecule is COCc1nc(NN)cc(Nc2c(F)cccc2F)n1. The molecule has 6 nitrogen and oxygen atoms in total. The number of ether oxygens (including phenoxy) is 1. The number of nitrogens with one attached hydrogen (secondary N) is 2. The molecule has 0 atom stereocenters. The van der Waals surface area contributed by atoms with Gasteiger partial charge in [-0.15, -0.1) is 0 Å². The van der Waals surface area contributed by atoms with Gasteiger partial charge in [-0.3, -0.25) is 0 Å². The fourth-order valence-electron chi connectivity index (χ4n) is 1.57. The number of hydrogen-bond acceptors (Lipinski definition) is 6. The maximum absolute atomic E-state index is 13.6. The largest absolute Gasteiger partial charge is 0.377 e. The van der Waals surface area contributed by atoms with Crippen LogP contribution in [0.25, 0.3) is 0 Å². The number of hydrogen-bond donors (Lipinski definition) is 3. The number of hydrazine groups is 1. The Labute approximate surface area is 114 Å². The summed E-state index contributed by atoms with van der Waals surface area (Å²) >= 11 is 0. The number of nitrogen functional groups attached to an aromatic ring is 1. The van der Waals surface area contributed by atoms with Gasteiger partial charge in [0.25, 0.3) is 0 Å². The maximum atomic E-state index is 13.6. The number of aromatic nitrogens is 2. The second-order valence-corrected chi connectivity index (χ2v) is 3.85. The zero-order valence-electron chi connectivity index (χ0n) is 10.7. The van der Waals surface area contributed by atoms with Gasteiger partial charge in [0.05, 0.1) is 0 Å². The van der Waals surface area contributed by atoms with Crippen molar-refractivity contribution in [3.8, 4) is 0 Å². The van der Waals surface area contributed by atoms with Gasteiger partial charge in [-0.2, -0.15) is 0 Å². The van der Waals surface area contributed by atoms with E-state index in [1.807, 2.05) is 0 Å². The molecule has 8 heteroatoms. The Morgan fingerprint density at radius 3 is 2.45 bits per heavy atom. The van der Waals surface area contributed by atoms with Gasteiger partial charge in [-0.1, -0.05) is 6.07 Å². The molecule has 1 heterocycles. The minimum atomic E-state index is -0.723. The summed E-state index contributed by atoms with van der Waals surface area (Å²) < 4.78 is 32.0. The molecule has 0 fully saturated rings. The molecule has 2 rings (SSSR count). The minimum Gasteiger partial charge on any atom is -0.377 e. The van der Waals surface area contributed by atoms with Crippen LogP contribution in [0.5, 0.6) is 0 Å². The van der Waals surface area contributed by atoms with Crippen LogP contribution in [-0.4, -0.2) is 17.1 Å².